The Morgan fingerprint density at radius 1 is 0.882 bits per heavy atom. The van der Waals surface area contributed by atoms with E-state index in [0.29, 0.717) is 50.8 Å². The van der Waals surface area contributed by atoms with Gasteiger partial charge in [-0.2, -0.15) is 0 Å². The smallest absolute Gasteiger partial charge is 0.227 e. The van der Waals surface area contributed by atoms with Gasteiger partial charge in [0, 0.05) is 38.5 Å². The van der Waals surface area contributed by atoms with Crippen LogP contribution in [-0.2, 0) is 22.4 Å². The lowest BCUT2D eigenvalue weighted by molar-refractivity contribution is -0.134. The number of hydrogen-bond acceptors (Lipinski definition) is 5. The third-order valence-electron chi connectivity index (χ3n) is 7.35. The zero-order chi connectivity index (χ0) is 23.5. The molecule has 0 aliphatic carbocycles. The fourth-order valence-electron chi connectivity index (χ4n) is 5.42. The minimum atomic E-state index is -0.158. The Balaban J connectivity index is 1.30. The lowest BCUT2D eigenvalue weighted by atomic mass is 9.70. The SMILES string of the molecule is Cc1nnc([C@H]2CN(C(=O)Cc3ccccc3)CC23CCN(C(=O)Cc2ccccc2)CC3)o1. The summed E-state index contributed by atoms with van der Waals surface area (Å²) in [6, 6.07) is 19.7. The molecule has 7 nitrogen and oxygen atoms in total. The van der Waals surface area contributed by atoms with Gasteiger partial charge in [-0.15, -0.1) is 10.2 Å². The van der Waals surface area contributed by atoms with Crippen molar-refractivity contribution in [3.05, 3.63) is 83.6 Å². The van der Waals surface area contributed by atoms with Gasteiger partial charge in [0.25, 0.3) is 0 Å². The minimum Gasteiger partial charge on any atom is -0.425 e. The molecule has 2 aliphatic rings. The van der Waals surface area contributed by atoms with Crippen molar-refractivity contribution in [2.75, 3.05) is 26.2 Å². The molecular weight excluding hydrogens is 428 g/mol. The highest BCUT2D eigenvalue weighted by Crippen LogP contribution is 2.49. The second-order valence-corrected chi connectivity index (χ2v) is 9.55. The van der Waals surface area contributed by atoms with Crippen LogP contribution >= 0.6 is 0 Å². The van der Waals surface area contributed by atoms with Gasteiger partial charge < -0.3 is 14.2 Å². The molecule has 0 unspecified atom stereocenters. The Kier molecular flexibility index (Phi) is 6.18. The first-order valence-electron chi connectivity index (χ1n) is 12.0. The first-order valence-corrected chi connectivity index (χ1v) is 12.0. The fourth-order valence-corrected chi connectivity index (χ4v) is 5.42. The van der Waals surface area contributed by atoms with Crippen LogP contribution in [0.3, 0.4) is 0 Å². The van der Waals surface area contributed by atoms with Crippen LogP contribution in [0.25, 0.3) is 0 Å². The molecule has 1 aromatic heterocycles. The van der Waals surface area contributed by atoms with E-state index in [4.69, 9.17) is 4.42 Å². The highest BCUT2D eigenvalue weighted by Gasteiger charge is 2.52. The van der Waals surface area contributed by atoms with E-state index in [1.54, 1.807) is 6.92 Å². The minimum absolute atomic E-state index is 0.0141. The van der Waals surface area contributed by atoms with Gasteiger partial charge in [0.05, 0.1) is 18.8 Å². The molecule has 2 saturated heterocycles. The summed E-state index contributed by atoms with van der Waals surface area (Å²) in [4.78, 5) is 30.0. The zero-order valence-corrected chi connectivity index (χ0v) is 19.5. The zero-order valence-electron chi connectivity index (χ0n) is 19.5. The van der Waals surface area contributed by atoms with Gasteiger partial charge in [0.15, 0.2) is 0 Å². The van der Waals surface area contributed by atoms with E-state index >= 15 is 0 Å². The molecule has 2 aromatic carbocycles. The summed E-state index contributed by atoms with van der Waals surface area (Å²) in [7, 11) is 0. The molecule has 176 valence electrons. The van der Waals surface area contributed by atoms with Crippen molar-refractivity contribution in [3.8, 4) is 0 Å². The van der Waals surface area contributed by atoms with Gasteiger partial charge in [0.1, 0.15) is 0 Å². The van der Waals surface area contributed by atoms with E-state index < -0.39 is 0 Å². The van der Waals surface area contributed by atoms with Gasteiger partial charge in [-0.3, -0.25) is 9.59 Å². The van der Waals surface area contributed by atoms with Crippen molar-refractivity contribution in [2.45, 2.75) is 38.5 Å². The predicted molar refractivity (Wildman–Crippen MR) is 127 cm³/mol. The van der Waals surface area contributed by atoms with Gasteiger partial charge >= 0.3 is 0 Å². The first-order chi connectivity index (χ1) is 16.5. The molecule has 2 fully saturated rings. The van der Waals surface area contributed by atoms with Crippen LogP contribution in [0.15, 0.2) is 65.1 Å². The van der Waals surface area contributed by atoms with E-state index in [0.717, 1.165) is 24.0 Å². The lowest BCUT2D eigenvalue weighted by Gasteiger charge is -2.41. The average molecular weight is 459 g/mol. The third kappa shape index (κ3) is 4.60. The quantitative estimate of drug-likeness (QED) is 0.586. The summed E-state index contributed by atoms with van der Waals surface area (Å²) in [5.41, 5.74) is 1.89. The molecule has 0 bridgehead atoms. The molecule has 1 spiro atoms. The van der Waals surface area contributed by atoms with Crippen molar-refractivity contribution in [3.63, 3.8) is 0 Å². The van der Waals surface area contributed by atoms with Gasteiger partial charge in [-0.05, 0) is 24.0 Å². The maximum atomic E-state index is 13.2. The highest BCUT2D eigenvalue weighted by molar-refractivity contribution is 5.80. The van der Waals surface area contributed by atoms with Gasteiger partial charge in [-0.25, -0.2) is 0 Å². The average Bonchev–Trinajstić information content (AvgIpc) is 3.44. The number of nitrogens with zero attached hydrogens (tertiary/aromatic N) is 4. The van der Waals surface area contributed by atoms with Crippen molar-refractivity contribution in [1.82, 2.24) is 20.0 Å². The number of aryl methyl sites for hydroxylation is 1. The number of aromatic nitrogens is 2. The molecule has 2 amide bonds. The topological polar surface area (TPSA) is 79.5 Å². The van der Waals surface area contributed by atoms with Crippen LogP contribution in [0, 0.1) is 12.3 Å². The van der Waals surface area contributed by atoms with Gasteiger partial charge in [-0.1, -0.05) is 60.7 Å². The number of carbonyl (C=O) groups is 2. The van der Waals surface area contributed by atoms with Crippen molar-refractivity contribution >= 4 is 11.8 Å². The fraction of sp³-hybridized carbons (Fsp3) is 0.407. The standard InChI is InChI=1S/C27H30N4O3/c1-20-28-29-26(34-20)23-18-31(25(33)17-22-10-6-3-7-11-22)19-27(23)12-14-30(15-13-27)24(32)16-21-8-4-2-5-9-21/h2-11,23H,12-19H2,1H3/t23-/m1/s1. The Bertz CT molecular complexity index is 1140. The van der Waals surface area contributed by atoms with E-state index in [1.807, 2.05) is 70.5 Å². The summed E-state index contributed by atoms with van der Waals surface area (Å²) in [6.07, 6.45) is 2.43. The largest absolute Gasteiger partial charge is 0.425 e. The second-order valence-electron chi connectivity index (χ2n) is 9.55. The van der Waals surface area contributed by atoms with E-state index in [9.17, 15) is 9.59 Å². The number of amides is 2. The molecule has 7 heteroatoms. The van der Waals surface area contributed by atoms with Crippen LogP contribution < -0.4 is 0 Å². The van der Waals surface area contributed by atoms with Crippen molar-refractivity contribution < 1.29 is 14.0 Å². The van der Waals surface area contributed by atoms with Crippen LogP contribution in [0.5, 0.6) is 0 Å². The van der Waals surface area contributed by atoms with E-state index in [-0.39, 0.29) is 23.1 Å². The molecule has 2 aliphatic heterocycles. The van der Waals surface area contributed by atoms with Crippen LogP contribution in [0.1, 0.15) is 41.7 Å². The highest BCUT2D eigenvalue weighted by atomic mass is 16.4. The first kappa shape index (κ1) is 22.3. The number of benzene rings is 2. The van der Waals surface area contributed by atoms with Crippen molar-refractivity contribution in [2.24, 2.45) is 5.41 Å². The van der Waals surface area contributed by atoms with Crippen molar-refractivity contribution in [1.29, 1.82) is 0 Å². The Morgan fingerprint density at radius 3 is 1.97 bits per heavy atom. The molecule has 0 saturated carbocycles. The number of carbonyl (C=O) groups excluding carboxylic acids is 2. The maximum absolute atomic E-state index is 13.2. The molecule has 0 N–H and O–H groups in total. The summed E-state index contributed by atoms with van der Waals surface area (Å²) in [6.45, 7) is 4.38. The summed E-state index contributed by atoms with van der Waals surface area (Å²) in [5.74, 6) is 1.40. The normalized spacial score (nSPS) is 19.5. The molecule has 1 atom stereocenters. The van der Waals surface area contributed by atoms with E-state index in [2.05, 4.69) is 10.2 Å². The molecular formula is C27H30N4O3. The Labute approximate surface area is 199 Å². The second kappa shape index (κ2) is 9.41. The van der Waals surface area contributed by atoms with Crippen LogP contribution in [-0.4, -0.2) is 58.0 Å². The molecule has 5 rings (SSSR count). The Morgan fingerprint density at radius 2 is 1.44 bits per heavy atom. The number of rotatable bonds is 5. The molecule has 3 aromatic rings. The summed E-state index contributed by atoms with van der Waals surface area (Å²) in [5, 5.41) is 8.38. The Hall–Kier alpha value is -3.48. The summed E-state index contributed by atoms with van der Waals surface area (Å²) >= 11 is 0. The number of hydrogen-bond donors (Lipinski definition) is 0. The molecule has 34 heavy (non-hydrogen) atoms. The number of piperidine rings is 1. The van der Waals surface area contributed by atoms with Crippen LogP contribution in [0.2, 0.25) is 0 Å². The predicted octanol–water partition coefficient (Wildman–Crippen LogP) is 3.40. The van der Waals surface area contributed by atoms with Crippen LogP contribution in [0.4, 0.5) is 0 Å². The maximum Gasteiger partial charge on any atom is 0.227 e. The monoisotopic (exact) mass is 458 g/mol. The third-order valence-corrected chi connectivity index (χ3v) is 7.35. The molecule has 3 heterocycles. The summed E-state index contributed by atoms with van der Waals surface area (Å²) < 4.78 is 5.85. The molecule has 0 radical (unpaired) electrons. The number of likely N-dealkylation sites (tertiary alicyclic amines) is 2. The van der Waals surface area contributed by atoms with E-state index in [1.165, 1.54) is 0 Å². The lowest BCUT2D eigenvalue weighted by Crippen LogP contribution is -2.46. The van der Waals surface area contributed by atoms with Gasteiger partial charge in [0.2, 0.25) is 23.6 Å².